The van der Waals surface area contributed by atoms with Crippen LogP contribution in [-0.2, 0) is 19.2 Å². The summed E-state index contributed by atoms with van der Waals surface area (Å²) >= 11 is 0. The van der Waals surface area contributed by atoms with Gasteiger partial charge in [-0.1, -0.05) is 24.3 Å². The Morgan fingerprint density at radius 3 is 2.66 bits per heavy atom. The molecule has 186 valence electrons. The van der Waals surface area contributed by atoms with E-state index in [1.165, 1.54) is 0 Å². The van der Waals surface area contributed by atoms with Gasteiger partial charge in [0, 0.05) is 30.1 Å². The molecule has 38 heavy (non-hydrogen) atoms. The second kappa shape index (κ2) is 8.17. The summed E-state index contributed by atoms with van der Waals surface area (Å²) in [4.78, 5) is 17.7. The molecule has 2 aromatic heterocycles. The number of aryl methyl sites for hydroxylation is 1. The average molecular weight is 500 g/mol. The summed E-state index contributed by atoms with van der Waals surface area (Å²) in [6, 6.07) is 23.8. The van der Waals surface area contributed by atoms with Crippen molar-refractivity contribution in [2.24, 2.45) is 12.8 Å². The molecule has 0 saturated heterocycles. The van der Waals surface area contributed by atoms with Gasteiger partial charge in [0.25, 0.3) is 5.56 Å². The zero-order valence-corrected chi connectivity index (χ0v) is 20.9. The second-order valence-corrected chi connectivity index (χ2v) is 10.2. The number of ether oxygens (including phenoxy) is 1. The molecule has 3 heterocycles. The molecular formula is C31H25N5O2. The van der Waals surface area contributed by atoms with Crippen molar-refractivity contribution in [3.05, 3.63) is 118 Å². The molecule has 2 N–H and O–H groups in total. The van der Waals surface area contributed by atoms with Crippen LogP contribution in [0.4, 0.5) is 0 Å². The maximum Gasteiger partial charge on any atom is 0.251 e. The lowest BCUT2D eigenvalue weighted by atomic mass is 9.79. The van der Waals surface area contributed by atoms with Gasteiger partial charge in [0.05, 0.1) is 35.4 Å². The van der Waals surface area contributed by atoms with Crippen LogP contribution in [0, 0.1) is 11.3 Å². The van der Waals surface area contributed by atoms with Gasteiger partial charge in [-0.15, -0.1) is 0 Å². The quantitative estimate of drug-likeness (QED) is 0.378. The van der Waals surface area contributed by atoms with E-state index < -0.39 is 5.54 Å². The fourth-order valence-electron chi connectivity index (χ4n) is 5.73. The third-order valence-corrected chi connectivity index (χ3v) is 7.86. The molecule has 7 nitrogen and oxygen atoms in total. The number of nitriles is 1. The van der Waals surface area contributed by atoms with Gasteiger partial charge in [0.15, 0.2) is 0 Å². The molecular weight excluding hydrogens is 474 g/mol. The first-order chi connectivity index (χ1) is 18.5. The van der Waals surface area contributed by atoms with Gasteiger partial charge in [-0.3, -0.25) is 4.79 Å². The third kappa shape index (κ3) is 3.31. The number of fused-ring (bicyclic) bond motifs is 6. The fourth-order valence-corrected chi connectivity index (χ4v) is 5.73. The Morgan fingerprint density at radius 2 is 1.89 bits per heavy atom. The maximum atomic E-state index is 13.4. The smallest absolute Gasteiger partial charge is 0.251 e. The van der Waals surface area contributed by atoms with Crippen molar-refractivity contribution in [3.8, 4) is 22.9 Å². The first kappa shape index (κ1) is 22.5. The molecule has 0 amide bonds. The van der Waals surface area contributed by atoms with Gasteiger partial charge in [-0.05, 0) is 71.5 Å². The number of aromatic nitrogens is 3. The molecule has 0 spiro atoms. The summed E-state index contributed by atoms with van der Waals surface area (Å²) < 4.78 is 10.0. The summed E-state index contributed by atoms with van der Waals surface area (Å²) in [5.41, 5.74) is 12.7. The van der Waals surface area contributed by atoms with Crippen molar-refractivity contribution >= 4 is 10.9 Å². The predicted molar refractivity (Wildman–Crippen MR) is 145 cm³/mol. The van der Waals surface area contributed by atoms with Crippen molar-refractivity contribution < 1.29 is 4.74 Å². The topological polar surface area (TPSA) is 98.9 Å². The molecule has 1 fully saturated rings. The predicted octanol–water partition coefficient (Wildman–Crippen LogP) is 4.75. The number of hydrogen-bond donors (Lipinski definition) is 1. The number of pyridine rings is 1. The van der Waals surface area contributed by atoms with E-state index in [9.17, 15) is 10.1 Å². The third-order valence-electron chi connectivity index (χ3n) is 7.86. The van der Waals surface area contributed by atoms with Gasteiger partial charge in [0.1, 0.15) is 17.9 Å². The SMILES string of the molecule is Cn1cncc1C1(N)c2ccc(C#N)c(c2)COc2cccc(c2)-c2cc(=O)n(C3CC3)c3ccc1cc23. The van der Waals surface area contributed by atoms with Gasteiger partial charge in [-0.2, -0.15) is 5.26 Å². The van der Waals surface area contributed by atoms with Crippen LogP contribution in [0.2, 0.25) is 0 Å². The Balaban J connectivity index is 1.61. The van der Waals surface area contributed by atoms with E-state index in [2.05, 4.69) is 17.1 Å². The molecule has 3 aromatic carbocycles. The van der Waals surface area contributed by atoms with Crippen LogP contribution < -0.4 is 16.0 Å². The number of benzene rings is 3. The summed E-state index contributed by atoms with van der Waals surface area (Å²) in [6.45, 7) is 0.206. The monoisotopic (exact) mass is 499 g/mol. The first-order valence-electron chi connectivity index (χ1n) is 12.7. The lowest BCUT2D eigenvalue weighted by Gasteiger charge is -2.32. The highest BCUT2D eigenvalue weighted by Gasteiger charge is 2.36. The van der Waals surface area contributed by atoms with E-state index in [0.29, 0.717) is 11.3 Å². The van der Waals surface area contributed by atoms with Crippen LogP contribution >= 0.6 is 0 Å². The minimum Gasteiger partial charge on any atom is -0.489 e. The normalized spacial score (nSPS) is 18.2. The Morgan fingerprint density at radius 1 is 1.08 bits per heavy atom. The molecule has 7 heteroatoms. The van der Waals surface area contributed by atoms with Crippen LogP contribution in [0.5, 0.6) is 5.75 Å². The molecule has 1 aliphatic heterocycles. The highest BCUT2D eigenvalue weighted by Crippen LogP contribution is 2.41. The van der Waals surface area contributed by atoms with Crippen molar-refractivity contribution in [2.75, 3.05) is 0 Å². The van der Waals surface area contributed by atoms with Gasteiger partial charge in [0.2, 0.25) is 0 Å². The van der Waals surface area contributed by atoms with E-state index in [1.807, 2.05) is 64.7 Å². The molecule has 1 aliphatic carbocycles. The molecule has 1 unspecified atom stereocenters. The molecule has 5 aromatic rings. The van der Waals surface area contributed by atoms with Gasteiger partial charge >= 0.3 is 0 Å². The first-order valence-corrected chi connectivity index (χ1v) is 12.7. The van der Waals surface area contributed by atoms with Crippen molar-refractivity contribution in [1.29, 1.82) is 5.26 Å². The van der Waals surface area contributed by atoms with E-state index >= 15 is 0 Å². The van der Waals surface area contributed by atoms with Crippen molar-refractivity contribution in [1.82, 2.24) is 14.1 Å². The molecule has 6 bridgehead atoms. The Labute approximate surface area is 219 Å². The molecule has 0 radical (unpaired) electrons. The van der Waals surface area contributed by atoms with Crippen LogP contribution in [0.25, 0.3) is 22.0 Å². The fraction of sp³-hybridized carbons (Fsp3) is 0.194. The minimum absolute atomic E-state index is 0.00523. The Hall–Kier alpha value is -4.67. The van der Waals surface area contributed by atoms with Crippen LogP contribution in [0.3, 0.4) is 0 Å². The lowest BCUT2D eigenvalue weighted by molar-refractivity contribution is 0.306. The zero-order valence-electron chi connectivity index (χ0n) is 20.9. The number of imidazole rings is 1. The van der Waals surface area contributed by atoms with Crippen molar-refractivity contribution in [3.63, 3.8) is 0 Å². The lowest BCUT2D eigenvalue weighted by Crippen LogP contribution is -2.41. The molecule has 2 aliphatic rings. The maximum absolute atomic E-state index is 13.4. The summed E-state index contributed by atoms with van der Waals surface area (Å²) in [6.07, 6.45) is 5.53. The van der Waals surface area contributed by atoms with E-state index in [1.54, 1.807) is 24.7 Å². The standard InChI is InChI=1S/C31H25N5O2/c1-35-18-34-16-29(35)31(33)22-6-5-20(15-32)21(11-22)17-38-25-4-2-3-19(12-25)26-14-30(37)36(24-8-9-24)28-10-7-23(31)13-27(26)28/h2-7,10-14,16,18,24H,8-9,17,33H2,1H3. The number of nitrogens with zero attached hydrogens (tertiary/aromatic N) is 4. The van der Waals surface area contributed by atoms with Gasteiger partial charge in [-0.25, -0.2) is 4.98 Å². The number of hydrogen-bond acceptors (Lipinski definition) is 5. The number of rotatable bonds is 2. The molecule has 1 atom stereocenters. The molecule has 1 saturated carbocycles. The van der Waals surface area contributed by atoms with E-state index in [4.69, 9.17) is 10.5 Å². The summed E-state index contributed by atoms with van der Waals surface area (Å²) in [5.74, 6) is 0.664. The van der Waals surface area contributed by atoms with Crippen molar-refractivity contribution in [2.45, 2.75) is 31.0 Å². The average Bonchev–Trinajstić information content (AvgIpc) is 3.68. The van der Waals surface area contributed by atoms with Crippen LogP contribution in [0.1, 0.15) is 46.8 Å². The Kier molecular flexibility index (Phi) is 4.84. The van der Waals surface area contributed by atoms with E-state index in [-0.39, 0.29) is 18.2 Å². The zero-order chi connectivity index (χ0) is 26.0. The van der Waals surface area contributed by atoms with Gasteiger partial charge < -0.3 is 19.6 Å². The largest absolute Gasteiger partial charge is 0.489 e. The number of nitrogens with two attached hydrogens (primary N) is 1. The van der Waals surface area contributed by atoms with Crippen LogP contribution in [-0.4, -0.2) is 14.1 Å². The second-order valence-electron chi connectivity index (χ2n) is 10.2. The minimum atomic E-state index is -1.08. The van der Waals surface area contributed by atoms with Crippen LogP contribution in [0.15, 0.2) is 84.0 Å². The highest BCUT2D eigenvalue weighted by atomic mass is 16.5. The molecule has 7 rings (SSSR count). The summed E-state index contributed by atoms with van der Waals surface area (Å²) in [7, 11) is 1.92. The highest BCUT2D eigenvalue weighted by molar-refractivity contribution is 5.95. The van der Waals surface area contributed by atoms with E-state index in [0.717, 1.165) is 57.3 Å². The summed E-state index contributed by atoms with van der Waals surface area (Å²) in [5, 5.41) is 10.8. The Bertz CT molecular complexity index is 1860.